The molecule has 0 bridgehead atoms. The number of aliphatic hydroxyl groups is 1. The van der Waals surface area contributed by atoms with Gasteiger partial charge in [-0.2, -0.15) is 0 Å². The first-order valence-electron chi connectivity index (χ1n) is 9.05. The number of nitrogens with one attached hydrogen (secondary N) is 2. The number of rotatable bonds is 9. The summed E-state index contributed by atoms with van der Waals surface area (Å²) in [6.07, 6.45) is 1.05. The Balaban J connectivity index is 1.89. The normalized spacial score (nSPS) is 11.5. The molecule has 6 nitrogen and oxygen atoms in total. The molecular weight excluding hydrogens is 344 g/mol. The highest BCUT2D eigenvalue weighted by molar-refractivity contribution is 5.98. The number of carbonyl (C=O) groups excluding carboxylic acids is 2. The van der Waals surface area contributed by atoms with Crippen molar-refractivity contribution >= 4 is 23.3 Å². The average Bonchev–Trinajstić information content (AvgIpc) is 2.70. The van der Waals surface area contributed by atoms with Gasteiger partial charge in [0, 0.05) is 17.9 Å². The molecule has 0 radical (unpaired) electrons. The Morgan fingerprint density at radius 1 is 1.11 bits per heavy atom. The Morgan fingerprint density at radius 2 is 1.81 bits per heavy atom. The van der Waals surface area contributed by atoms with Crippen LogP contribution in [0, 0.1) is 0 Å². The van der Waals surface area contributed by atoms with Gasteiger partial charge in [-0.05, 0) is 42.2 Å². The van der Waals surface area contributed by atoms with E-state index in [-0.39, 0.29) is 13.2 Å². The third-order valence-electron chi connectivity index (χ3n) is 4.28. The fraction of sp³-hybridized carbons (Fsp3) is 0.333. The van der Waals surface area contributed by atoms with Gasteiger partial charge in [-0.3, -0.25) is 4.79 Å². The van der Waals surface area contributed by atoms with E-state index in [2.05, 4.69) is 24.5 Å². The van der Waals surface area contributed by atoms with Crippen LogP contribution in [0.2, 0.25) is 0 Å². The van der Waals surface area contributed by atoms with Gasteiger partial charge in [0.25, 0.3) is 5.91 Å². The number of aliphatic hydroxyl groups excluding tert-OH is 1. The van der Waals surface area contributed by atoms with E-state index in [1.165, 1.54) is 5.56 Å². The van der Waals surface area contributed by atoms with Crippen LogP contribution >= 0.6 is 0 Å². The van der Waals surface area contributed by atoms with Crippen LogP contribution < -0.4 is 10.6 Å². The summed E-state index contributed by atoms with van der Waals surface area (Å²) in [7, 11) is 0. The molecule has 0 aliphatic heterocycles. The van der Waals surface area contributed by atoms with Crippen LogP contribution in [-0.2, 0) is 9.53 Å². The first kappa shape index (κ1) is 20.5. The number of esters is 1. The molecule has 0 saturated heterocycles. The van der Waals surface area contributed by atoms with E-state index in [9.17, 15) is 9.59 Å². The fourth-order valence-corrected chi connectivity index (χ4v) is 2.54. The molecule has 27 heavy (non-hydrogen) atoms. The molecule has 2 aromatic rings. The summed E-state index contributed by atoms with van der Waals surface area (Å²) in [4.78, 5) is 24.3. The number of hydrogen-bond donors (Lipinski definition) is 3. The van der Waals surface area contributed by atoms with Crippen molar-refractivity contribution in [3.05, 3.63) is 59.7 Å². The first-order chi connectivity index (χ1) is 13.0. The molecule has 2 aromatic carbocycles. The van der Waals surface area contributed by atoms with Gasteiger partial charge in [-0.25, -0.2) is 4.79 Å². The minimum absolute atomic E-state index is 0.0540. The lowest BCUT2D eigenvalue weighted by Crippen LogP contribution is -2.21. The number of amides is 1. The van der Waals surface area contributed by atoms with Crippen LogP contribution in [0.5, 0.6) is 0 Å². The quantitative estimate of drug-likeness (QED) is 0.589. The maximum atomic E-state index is 12.2. The zero-order chi connectivity index (χ0) is 19.6. The topological polar surface area (TPSA) is 87.7 Å². The molecule has 0 unspecified atom stereocenters. The summed E-state index contributed by atoms with van der Waals surface area (Å²) in [6.45, 7) is 4.17. The second-order valence-electron chi connectivity index (χ2n) is 6.25. The molecule has 1 amide bonds. The Labute approximate surface area is 159 Å². The summed E-state index contributed by atoms with van der Waals surface area (Å²) in [5.41, 5.74) is 2.75. The molecule has 1 atom stereocenters. The molecular formula is C21H26N2O4. The van der Waals surface area contributed by atoms with Crippen LogP contribution in [0.15, 0.2) is 48.5 Å². The van der Waals surface area contributed by atoms with Gasteiger partial charge in [-0.1, -0.05) is 38.1 Å². The summed E-state index contributed by atoms with van der Waals surface area (Å²) in [5.74, 6) is -0.533. The molecule has 0 aliphatic carbocycles. The number of carbonyl (C=O) groups is 2. The van der Waals surface area contributed by atoms with Crippen molar-refractivity contribution in [1.29, 1.82) is 0 Å². The highest BCUT2D eigenvalue weighted by atomic mass is 16.5. The van der Waals surface area contributed by atoms with Gasteiger partial charge in [0.05, 0.1) is 12.2 Å². The van der Waals surface area contributed by atoms with E-state index in [0.29, 0.717) is 29.4 Å². The van der Waals surface area contributed by atoms with Crippen LogP contribution in [-0.4, -0.2) is 36.7 Å². The summed E-state index contributed by atoms with van der Waals surface area (Å²) < 4.78 is 5.11. The predicted molar refractivity (Wildman–Crippen MR) is 106 cm³/mol. The van der Waals surface area contributed by atoms with Crippen LogP contribution in [0.1, 0.15) is 42.1 Å². The van der Waals surface area contributed by atoms with Crippen molar-refractivity contribution < 1.29 is 19.4 Å². The summed E-state index contributed by atoms with van der Waals surface area (Å²) >= 11 is 0. The molecule has 0 spiro atoms. The van der Waals surface area contributed by atoms with Gasteiger partial charge in [-0.15, -0.1) is 0 Å². The molecule has 0 aromatic heterocycles. The maximum Gasteiger partial charge on any atom is 0.340 e. The molecule has 0 aliphatic rings. The van der Waals surface area contributed by atoms with E-state index in [4.69, 9.17) is 9.84 Å². The zero-order valence-corrected chi connectivity index (χ0v) is 15.7. The molecule has 144 valence electrons. The van der Waals surface area contributed by atoms with Gasteiger partial charge < -0.3 is 20.5 Å². The second-order valence-corrected chi connectivity index (χ2v) is 6.25. The number of hydrogen-bond acceptors (Lipinski definition) is 5. The molecule has 3 N–H and O–H groups in total. The molecule has 0 heterocycles. The highest BCUT2D eigenvalue weighted by Crippen LogP contribution is 2.20. The lowest BCUT2D eigenvalue weighted by atomic mass is 9.99. The van der Waals surface area contributed by atoms with Crippen molar-refractivity contribution in [3.8, 4) is 0 Å². The van der Waals surface area contributed by atoms with Crippen molar-refractivity contribution in [1.82, 2.24) is 0 Å². The largest absolute Gasteiger partial charge is 0.452 e. The van der Waals surface area contributed by atoms with E-state index >= 15 is 0 Å². The highest BCUT2D eigenvalue weighted by Gasteiger charge is 2.14. The van der Waals surface area contributed by atoms with Crippen LogP contribution in [0.4, 0.5) is 11.4 Å². The van der Waals surface area contributed by atoms with Crippen molar-refractivity contribution in [2.45, 2.75) is 26.2 Å². The summed E-state index contributed by atoms with van der Waals surface area (Å²) in [5, 5.41) is 14.6. The number of anilines is 2. The Morgan fingerprint density at radius 3 is 2.48 bits per heavy atom. The van der Waals surface area contributed by atoms with Gasteiger partial charge >= 0.3 is 5.97 Å². The van der Waals surface area contributed by atoms with E-state index in [0.717, 1.165) is 6.42 Å². The lowest BCUT2D eigenvalue weighted by molar-refractivity contribution is -0.119. The molecule has 6 heteroatoms. The van der Waals surface area contributed by atoms with Gasteiger partial charge in [0.2, 0.25) is 0 Å². The standard InChI is InChI=1S/C21H26N2O4/c1-3-15(2)16-8-10-17(11-9-16)23-20(25)14-27-21(26)18-6-4-5-7-19(18)22-12-13-24/h4-11,15,22,24H,3,12-14H2,1-2H3,(H,23,25)/t15-/m0/s1. The fourth-order valence-electron chi connectivity index (χ4n) is 2.54. The minimum Gasteiger partial charge on any atom is -0.452 e. The van der Waals surface area contributed by atoms with Gasteiger partial charge in [0.1, 0.15) is 0 Å². The van der Waals surface area contributed by atoms with Crippen molar-refractivity contribution in [2.24, 2.45) is 0 Å². The zero-order valence-electron chi connectivity index (χ0n) is 15.7. The smallest absolute Gasteiger partial charge is 0.340 e. The third-order valence-corrected chi connectivity index (χ3v) is 4.28. The Hall–Kier alpha value is -2.86. The summed E-state index contributed by atoms with van der Waals surface area (Å²) in [6, 6.07) is 14.5. The van der Waals surface area contributed by atoms with Crippen molar-refractivity contribution in [3.63, 3.8) is 0 Å². The molecule has 2 rings (SSSR count). The van der Waals surface area contributed by atoms with Gasteiger partial charge in [0.15, 0.2) is 6.61 Å². The SMILES string of the molecule is CC[C@H](C)c1ccc(NC(=O)COC(=O)c2ccccc2NCCO)cc1. The monoisotopic (exact) mass is 370 g/mol. The Bertz CT molecular complexity index is 759. The number of para-hydroxylation sites is 1. The Kier molecular flexibility index (Phi) is 7.82. The average molecular weight is 370 g/mol. The van der Waals surface area contributed by atoms with Crippen LogP contribution in [0.3, 0.4) is 0 Å². The maximum absolute atomic E-state index is 12.2. The first-order valence-corrected chi connectivity index (χ1v) is 9.05. The third kappa shape index (κ3) is 6.11. The predicted octanol–water partition coefficient (Wildman–Crippen LogP) is 3.40. The van der Waals surface area contributed by atoms with E-state index < -0.39 is 11.9 Å². The van der Waals surface area contributed by atoms with Crippen LogP contribution in [0.25, 0.3) is 0 Å². The molecule has 0 fully saturated rings. The number of benzene rings is 2. The van der Waals surface area contributed by atoms with Crippen molar-refractivity contribution in [2.75, 3.05) is 30.4 Å². The minimum atomic E-state index is -0.599. The van der Waals surface area contributed by atoms with E-state index in [1.807, 2.05) is 24.3 Å². The van der Waals surface area contributed by atoms with E-state index in [1.54, 1.807) is 24.3 Å². The molecule has 0 saturated carbocycles. The lowest BCUT2D eigenvalue weighted by Gasteiger charge is -2.12. The second kappa shape index (κ2) is 10.3. The number of ether oxygens (including phenoxy) is 1.